The monoisotopic (exact) mass is 473 g/mol. The molecule has 1 fully saturated rings. The second-order valence-corrected chi connectivity index (χ2v) is 8.71. The summed E-state index contributed by atoms with van der Waals surface area (Å²) in [6.45, 7) is 7.18. The largest absolute Gasteiger partial charge is 0.477 e. The number of anilines is 2. The Labute approximate surface area is 196 Å². The van der Waals surface area contributed by atoms with Gasteiger partial charge in [0.1, 0.15) is 5.65 Å². The maximum atomic E-state index is 13.5. The molecule has 1 unspecified atom stereocenters. The maximum Gasteiger partial charge on any atom is 0.271 e. The van der Waals surface area contributed by atoms with Crippen LogP contribution in [0.1, 0.15) is 12.6 Å². The molecule has 1 saturated heterocycles. The van der Waals surface area contributed by atoms with Gasteiger partial charge in [0.15, 0.2) is 5.60 Å². The molecule has 0 bridgehead atoms. The molecule has 0 radical (unpaired) electrons. The van der Waals surface area contributed by atoms with Crippen LogP contribution in [0.15, 0.2) is 30.6 Å². The Hall–Kier alpha value is -3.05. The number of aryl methyl sites for hydroxylation is 1. The van der Waals surface area contributed by atoms with Crippen LogP contribution in [-0.2, 0) is 18.3 Å². The average molecular weight is 474 g/mol. The minimum absolute atomic E-state index is 0.282. The predicted octanol–water partition coefficient (Wildman–Crippen LogP) is 3.14. The Bertz CT molecular complexity index is 1210. The molecule has 3 aromatic heterocycles. The number of nitrogens with one attached hydrogen (secondary N) is 1. The number of hydrogen-bond donors (Lipinski definition) is 1. The highest BCUT2D eigenvalue weighted by Gasteiger charge is 2.52. The van der Waals surface area contributed by atoms with Gasteiger partial charge in [-0.3, -0.25) is 9.58 Å². The smallest absolute Gasteiger partial charge is 0.271 e. The molecule has 1 aliphatic heterocycles. The van der Waals surface area contributed by atoms with Gasteiger partial charge in [-0.1, -0.05) is 12.2 Å². The molecule has 1 N–H and O–H groups in total. The van der Waals surface area contributed by atoms with Crippen LogP contribution in [-0.4, -0.2) is 74.1 Å². The van der Waals surface area contributed by atoms with Gasteiger partial charge >= 0.3 is 0 Å². The van der Waals surface area contributed by atoms with E-state index in [2.05, 4.69) is 25.3 Å². The normalized spacial score (nSPS) is 22.6. The molecule has 0 aromatic carbocycles. The van der Waals surface area contributed by atoms with Gasteiger partial charge < -0.3 is 19.4 Å². The lowest BCUT2D eigenvalue weighted by Crippen LogP contribution is -2.52. The summed E-state index contributed by atoms with van der Waals surface area (Å²) in [5.74, 6) is 0.689. The van der Waals surface area contributed by atoms with Crippen molar-refractivity contribution in [3.63, 3.8) is 0 Å². The molecule has 0 amide bonds. The van der Waals surface area contributed by atoms with Crippen LogP contribution in [0.25, 0.3) is 11.0 Å². The highest BCUT2D eigenvalue weighted by molar-refractivity contribution is 5.83. The first kappa shape index (κ1) is 22.7. The summed E-state index contributed by atoms with van der Waals surface area (Å²) in [5.41, 5.74) is 1.10. The number of halogens is 2. The Morgan fingerprint density at radius 1 is 1.32 bits per heavy atom. The quantitative estimate of drug-likeness (QED) is 0.504. The molecule has 34 heavy (non-hydrogen) atoms. The number of hydrogen-bond acceptors (Lipinski definition) is 7. The molecule has 0 saturated carbocycles. The summed E-state index contributed by atoms with van der Waals surface area (Å²) in [7, 11) is 1.93. The fourth-order valence-electron chi connectivity index (χ4n) is 4.57. The molecule has 2 atom stereocenters. The van der Waals surface area contributed by atoms with E-state index < -0.39 is 12.0 Å². The zero-order valence-electron chi connectivity index (χ0n) is 19.5. The van der Waals surface area contributed by atoms with E-state index in [1.807, 2.05) is 48.5 Å². The molecule has 1 aliphatic carbocycles. The fourth-order valence-corrected chi connectivity index (χ4v) is 4.57. The first-order valence-electron chi connectivity index (χ1n) is 11.5. The van der Waals surface area contributed by atoms with Gasteiger partial charge in [-0.2, -0.15) is 15.1 Å². The number of ether oxygens (including phenoxy) is 2. The lowest BCUT2D eigenvalue weighted by molar-refractivity contribution is -0.134. The summed E-state index contributed by atoms with van der Waals surface area (Å²) >= 11 is 0. The number of rotatable bonds is 8. The minimum atomic E-state index is -2.51. The van der Waals surface area contributed by atoms with Crippen LogP contribution in [0.2, 0.25) is 0 Å². The molecular formula is C23H29F2N7O2. The van der Waals surface area contributed by atoms with E-state index >= 15 is 0 Å². The number of aromatic nitrogens is 5. The molecule has 9 nitrogen and oxygen atoms in total. The zero-order chi connectivity index (χ0) is 23.9. The zero-order valence-corrected chi connectivity index (χ0v) is 19.5. The highest BCUT2D eigenvalue weighted by Crippen LogP contribution is 2.41. The Kier molecular flexibility index (Phi) is 5.98. The van der Waals surface area contributed by atoms with E-state index in [4.69, 9.17) is 9.47 Å². The third-order valence-corrected chi connectivity index (χ3v) is 6.67. The van der Waals surface area contributed by atoms with Gasteiger partial charge in [0, 0.05) is 38.8 Å². The van der Waals surface area contributed by atoms with E-state index in [1.54, 1.807) is 6.20 Å². The van der Waals surface area contributed by atoms with Crippen LogP contribution in [0.5, 0.6) is 5.88 Å². The Balaban J connectivity index is 1.27. The summed E-state index contributed by atoms with van der Waals surface area (Å²) < 4.78 is 42.1. The van der Waals surface area contributed by atoms with Crippen LogP contribution in [0, 0.1) is 12.8 Å². The first-order valence-corrected chi connectivity index (χ1v) is 11.5. The number of nitrogens with zero attached hydrogens (tertiary/aromatic N) is 6. The van der Waals surface area contributed by atoms with Crippen molar-refractivity contribution in [3.8, 4) is 5.88 Å². The van der Waals surface area contributed by atoms with Crippen LogP contribution < -0.4 is 10.1 Å². The number of alkyl halides is 2. The van der Waals surface area contributed by atoms with Crippen molar-refractivity contribution >= 4 is 22.7 Å². The molecule has 5 rings (SSSR count). The Morgan fingerprint density at radius 3 is 2.91 bits per heavy atom. The SMILES string of the molecule is CCOc1nc(Nc2cnn(CCN3CCO[C@]4(C(F)F)C=CC4C3)c2C)nc2c1ccn2C. The molecule has 3 aromatic rings. The van der Waals surface area contributed by atoms with Crippen molar-refractivity contribution in [2.75, 3.05) is 38.2 Å². The Morgan fingerprint density at radius 2 is 2.18 bits per heavy atom. The lowest BCUT2D eigenvalue weighted by Gasteiger charge is -2.41. The number of fused-ring (bicyclic) bond motifs is 2. The van der Waals surface area contributed by atoms with E-state index in [1.165, 1.54) is 6.08 Å². The van der Waals surface area contributed by atoms with Crippen molar-refractivity contribution < 1.29 is 18.3 Å². The van der Waals surface area contributed by atoms with Gasteiger partial charge in [-0.15, -0.1) is 0 Å². The summed E-state index contributed by atoms with van der Waals surface area (Å²) in [5, 5.41) is 8.63. The molecule has 11 heteroatoms. The van der Waals surface area contributed by atoms with Gasteiger partial charge in [-0.05, 0) is 19.9 Å². The van der Waals surface area contributed by atoms with Crippen molar-refractivity contribution in [3.05, 3.63) is 36.3 Å². The molecule has 2 aliphatic rings. The topological polar surface area (TPSA) is 82.3 Å². The van der Waals surface area contributed by atoms with Crippen molar-refractivity contribution in [2.24, 2.45) is 13.0 Å². The molecule has 182 valence electrons. The predicted molar refractivity (Wildman–Crippen MR) is 124 cm³/mol. The summed E-state index contributed by atoms with van der Waals surface area (Å²) in [4.78, 5) is 11.3. The molecule has 0 spiro atoms. The fraction of sp³-hybridized carbons (Fsp3) is 0.522. The lowest BCUT2D eigenvalue weighted by atomic mass is 9.77. The van der Waals surface area contributed by atoms with Crippen molar-refractivity contribution in [1.29, 1.82) is 0 Å². The van der Waals surface area contributed by atoms with Crippen LogP contribution in [0.3, 0.4) is 0 Å². The summed E-state index contributed by atoms with van der Waals surface area (Å²) in [6.07, 6.45) is 4.49. The van der Waals surface area contributed by atoms with E-state index in [0.717, 1.165) is 22.4 Å². The van der Waals surface area contributed by atoms with Gasteiger partial charge in [0.25, 0.3) is 6.43 Å². The standard InChI is InChI=1S/C23H29F2N7O2/c1-4-33-20-17-6-8-30(3)19(17)28-22(29-20)27-18-13-26-32(15(18)2)10-9-31-11-12-34-23(21(24)25)7-5-16(23)14-31/h5-8,13,16,21H,4,9-12,14H2,1-3H3,(H,27,28,29)/t16?,23-/m1/s1. The van der Waals surface area contributed by atoms with Gasteiger partial charge in [-0.25, -0.2) is 8.78 Å². The maximum absolute atomic E-state index is 13.5. The third-order valence-electron chi connectivity index (χ3n) is 6.67. The van der Waals surface area contributed by atoms with Crippen LogP contribution >= 0.6 is 0 Å². The molecular weight excluding hydrogens is 444 g/mol. The van der Waals surface area contributed by atoms with Crippen molar-refractivity contribution in [2.45, 2.75) is 32.4 Å². The third kappa shape index (κ3) is 3.92. The van der Waals surface area contributed by atoms with Gasteiger partial charge in [0.2, 0.25) is 11.8 Å². The minimum Gasteiger partial charge on any atom is -0.477 e. The second kappa shape index (κ2) is 8.95. The first-order chi connectivity index (χ1) is 16.4. The van der Waals surface area contributed by atoms with E-state index in [0.29, 0.717) is 44.6 Å². The van der Waals surface area contributed by atoms with E-state index in [9.17, 15) is 8.78 Å². The second-order valence-electron chi connectivity index (χ2n) is 8.71. The van der Waals surface area contributed by atoms with Crippen LogP contribution in [0.4, 0.5) is 20.4 Å². The van der Waals surface area contributed by atoms with Crippen molar-refractivity contribution in [1.82, 2.24) is 29.2 Å². The van der Waals surface area contributed by atoms with Gasteiger partial charge in [0.05, 0.1) is 42.7 Å². The average Bonchev–Trinajstić information content (AvgIpc) is 3.30. The molecule has 4 heterocycles. The summed E-state index contributed by atoms with van der Waals surface area (Å²) in [6, 6.07) is 1.94. The van der Waals surface area contributed by atoms with E-state index in [-0.39, 0.29) is 12.5 Å². The highest BCUT2D eigenvalue weighted by atomic mass is 19.3.